The lowest BCUT2D eigenvalue weighted by atomic mass is 10.2. The number of nitrogens with zero attached hydrogens (tertiary/aromatic N) is 5. The van der Waals surface area contributed by atoms with Crippen molar-refractivity contribution in [3.05, 3.63) is 71.4 Å². The quantitative estimate of drug-likeness (QED) is 0.410. The lowest BCUT2D eigenvalue weighted by Crippen LogP contribution is -2.15. The predicted molar refractivity (Wildman–Crippen MR) is 82.7 cm³/mol. The van der Waals surface area contributed by atoms with Gasteiger partial charge in [-0.25, -0.2) is 9.97 Å². The van der Waals surface area contributed by atoms with Gasteiger partial charge in [0.1, 0.15) is 12.0 Å². The zero-order valence-electron chi connectivity index (χ0n) is 11.8. The average molecular weight is 309 g/mol. The first kappa shape index (κ1) is 14.4. The van der Waals surface area contributed by atoms with Crippen LogP contribution in [0.4, 0.5) is 17.2 Å². The van der Waals surface area contributed by atoms with Crippen molar-refractivity contribution in [2.45, 2.75) is 0 Å². The lowest BCUT2D eigenvalue weighted by molar-refractivity contribution is -0.385. The van der Waals surface area contributed by atoms with E-state index < -0.39 is 4.92 Å². The van der Waals surface area contributed by atoms with Gasteiger partial charge >= 0.3 is 0 Å². The molecule has 0 radical (unpaired) electrons. The van der Waals surface area contributed by atoms with E-state index in [0.717, 1.165) is 11.9 Å². The standard InChI is InChI=1S/C15H11N5O3/c21-11-19(15-5-4-14(9-17-15)20(22)23)13-3-1-2-12(8-13)18-7-6-16-10-18/h1-11H. The molecular formula is C15H11N5O3. The summed E-state index contributed by atoms with van der Waals surface area (Å²) in [5.74, 6) is 0.299. The molecule has 0 atom stereocenters. The van der Waals surface area contributed by atoms with Gasteiger partial charge in [-0.3, -0.25) is 19.8 Å². The summed E-state index contributed by atoms with van der Waals surface area (Å²) in [4.78, 5) is 30.9. The molecule has 0 fully saturated rings. The van der Waals surface area contributed by atoms with E-state index in [1.807, 2.05) is 6.07 Å². The summed E-state index contributed by atoms with van der Waals surface area (Å²) in [7, 11) is 0. The number of aromatic nitrogens is 3. The predicted octanol–water partition coefficient (Wildman–Crippen LogP) is 2.47. The second-order valence-corrected chi connectivity index (χ2v) is 4.60. The van der Waals surface area contributed by atoms with Crippen molar-refractivity contribution in [2.75, 3.05) is 4.90 Å². The van der Waals surface area contributed by atoms with Crippen molar-refractivity contribution in [1.82, 2.24) is 14.5 Å². The average Bonchev–Trinajstić information content (AvgIpc) is 3.11. The van der Waals surface area contributed by atoms with Gasteiger partial charge in [0.2, 0.25) is 6.41 Å². The molecule has 2 heterocycles. The Hall–Kier alpha value is -3.55. The van der Waals surface area contributed by atoms with Crippen molar-refractivity contribution in [2.24, 2.45) is 0 Å². The first-order chi connectivity index (χ1) is 11.2. The van der Waals surface area contributed by atoms with Crippen molar-refractivity contribution in [3.63, 3.8) is 0 Å². The number of anilines is 2. The minimum atomic E-state index is -0.540. The van der Waals surface area contributed by atoms with Crippen LogP contribution in [0.5, 0.6) is 0 Å². The molecule has 0 aliphatic heterocycles. The third-order valence-electron chi connectivity index (χ3n) is 3.21. The van der Waals surface area contributed by atoms with Crippen molar-refractivity contribution >= 4 is 23.6 Å². The smallest absolute Gasteiger partial charge is 0.287 e. The van der Waals surface area contributed by atoms with E-state index in [1.165, 1.54) is 17.0 Å². The van der Waals surface area contributed by atoms with Gasteiger partial charge in [0.15, 0.2) is 0 Å². The molecule has 0 aliphatic rings. The van der Waals surface area contributed by atoms with E-state index in [4.69, 9.17) is 0 Å². The molecule has 0 saturated carbocycles. The molecule has 0 spiro atoms. The number of hydrogen-bond donors (Lipinski definition) is 0. The summed E-state index contributed by atoms with van der Waals surface area (Å²) in [6.45, 7) is 0. The van der Waals surface area contributed by atoms with Gasteiger partial charge in [0.05, 0.1) is 16.9 Å². The molecule has 8 nitrogen and oxygen atoms in total. The number of benzene rings is 1. The fraction of sp³-hybridized carbons (Fsp3) is 0. The van der Waals surface area contributed by atoms with Gasteiger partial charge in [-0.05, 0) is 24.3 Å². The summed E-state index contributed by atoms with van der Waals surface area (Å²) >= 11 is 0. The molecule has 2 aromatic heterocycles. The Morgan fingerprint density at radius 2 is 2.13 bits per heavy atom. The Morgan fingerprint density at radius 1 is 1.26 bits per heavy atom. The van der Waals surface area contributed by atoms with Gasteiger partial charge in [-0.1, -0.05) is 6.07 Å². The minimum absolute atomic E-state index is 0.133. The first-order valence-corrected chi connectivity index (χ1v) is 6.62. The van der Waals surface area contributed by atoms with Crippen molar-refractivity contribution in [1.29, 1.82) is 0 Å². The first-order valence-electron chi connectivity index (χ1n) is 6.62. The van der Waals surface area contributed by atoms with E-state index in [1.54, 1.807) is 41.5 Å². The summed E-state index contributed by atoms with van der Waals surface area (Å²) in [6.07, 6.45) is 6.82. The Kier molecular flexibility index (Phi) is 3.79. The highest BCUT2D eigenvalue weighted by Crippen LogP contribution is 2.25. The number of carbonyl (C=O) groups is 1. The highest BCUT2D eigenvalue weighted by atomic mass is 16.6. The minimum Gasteiger partial charge on any atom is -0.306 e. The van der Waals surface area contributed by atoms with Crippen molar-refractivity contribution < 1.29 is 9.72 Å². The number of amides is 1. The summed E-state index contributed by atoms with van der Waals surface area (Å²) in [5.41, 5.74) is 1.29. The van der Waals surface area contributed by atoms with E-state index in [0.29, 0.717) is 17.9 Å². The second-order valence-electron chi connectivity index (χ2n) is 4.60. The molecule has 114 valence electrons. The van der Waals surface area contributed by atoms with Gasteiger partial charge < -0.3 is 4.57 Å². The van der Waals surface area contributed by atoms with E-state index in [2.05, 4.69) is 9.97 Å². The number of nitro groups is 1. The Morgan fingerprint density at radius 3 is 2.74 bits per heavy atom. The zero-order chi connectivity index (χ0) is 16.2. The van der Waals surface area contributed by atoms with E-state index >= 15 is 0 Å². The van der Waals surface area contributed by atoms with Gasteiger partial charge in [-0.2, -0.15) is 0 Å². The fourth-order valence-electron chi connectivity index (χ4n) is 2.09. The third-order valence-corrected chi connectivity index (χ3v) is 3.21. The van der Waals surface area contributed by atoms with Gasteiger partial charge in [0, 0.05) is 24.1 Å². The monoisotopic (exact) mass is 309 g/mol. The highest BCUT2D eigenvalue weighted by Gasteiger charge is 2.13. The number of hydrogen-bond acceptors (Lipinski definition) is 5. The summed E-state index contributed by atoms with van der Waals surface area (Å²) in [6, 6.07) is 9.94. The number of pyridine rings is 1. The second kappa shape index (κ2) is 6.06. The molecule has 3 rings (SSSR count). The van der Waals surface area contributed by atoms with Crippen LogP contribution in [0.3, 0.4) is 0 Å². The zero-order valence-corrected chi connectivity index (χ0v) is 11.8. The molecule has 3 aromatic rings. The highest BCUT2D eigenvalue weighted by molar-refractivity contribution is 5.85. The maximum absolute atomic E-state index is 11.5. The lowest BCUT2D eigenvalue weighted by Gasteiger charge is -2.17. The molecule has 0 saturated heterocycles. The van der Waals surface area contributed by atoms with Crippen LogP contribution in [0.2, 0.25) is 0 Å². The van der Waals surface area contributed by atoms with Crippen LogP contribution in [0, 0.1) is 10.1 Å². The van der Waals surface area contributed by atoms with Gasteiger partial charge in [0.25, 0.3) is 5.69 Å². The number of imidazole rings is 1. The molecular weight excluding hydrogens is 298 g/mol. The van der Waals surface area contributed by atoms with Crippen LogP contribution in [-0.4, -0.2) is 25.9 Å². The van der Waals surface area contributed by atoms with Crippen LogP contribution >= 0.6 is 0 Å². The molecule has 1 aromatic carbocycles. The number of carbonyl (C=O) groups excluding carboxylic acids is 1. The van der Waals surface area contributed by atoms with Gasteiger partial charge in [-0.15, -0.1) is 0 Å². The van der Waals surface area contributed by atoms with Crippen LogP contribution < -0.4 is 4.90 Å². The maximum atomic E-state index is 11.5. The molecule has 0 unspecified atom stereocenters. The molecule has 8 heteroatoms. The summed E-state index contributed by atoms with van der Waals surface area (Å²) < 4.78 is 1.80. The molecule has 0 N–H and O–H groups in total. The largest absolute Gasteiger partial charge is 0.306 e. The van der Waals surface area contributed by atoms with E-state index in [9.17, 15) is 14.9 Å². The van der Waals surface area contributed by atoms with Crippen LogP contribution in [-0.2, 0) is 4.79 Å². The third kappa shape index (κ3) is 2.91. The molecule has 0 bridgehead atoms. The molecule has 1 amide bonds. The Bertz CT molecular complexity index is 831. The van der Waals surface area contributed by atoms with Crippen LogP contribution in [0.25, 0.3) is 5.69 Å². The number of rotatable bonds is 5. The van der Waals surface area contributed by atoms with E-state index in [-0.39, 0.29) is 5.69 Å². The molecule has 23 heavy (non-hydrogen) atoms. The SMILES string of the molecule is O=CN(c1cccc(-n2ccnc2)c1)c1ccc([N+](=O)[O-])cn1. The van der Waals surface area contributed by atoms with Crippen LogP contribution in [0.15, 0.2) is 61.3 Å². The van der Waals surface area contributed by atoms with Crippen molar-refractivity contribution in [3.8, 4) is 5.69 Å². The topological polar surface area (TPSA) is 94.2 Å². The molecule has 0 aliphatic carbocycles. The Labute approximate surface area is 130 Å². The maximum Gasteiger partial charge on any atom is 0.287 e. The Balaban J connectivity index is 1.96. The van der Waals surface area contributed by atoms with Crippen LogP contribution in [0.1, 0.15) is 0 Å². The normalized spacial score (nSPS) is 10.3. The summed E-state index contributed by atoms with van der Waals surface area (Å²) in [5, 5.41) is 10.7. The fourth-order valence-corrected chi connectivity index (χ4v) is 2.09.